The third-order valence-corrected chi connectivity index (χ3v) is 5.05. The molecule has 1 aliphatic heterocycles. The number of rotatable bonds is 3. The number of carbonyl (C=O) groups is 1. The summed E-state index contributed by atoms with van der Waals surface area (Å²) in [6, 6.07) is 2.75. The fourth-order valence-corrected chi connectivity index (χ4v) is 3.48. The summed E-state index contributed by atoms with van der Waals surface area (Å²) in [4.78, 5) is 23.0. The van der Waals surface area contributed by atoms with Gasteiger partial charge in [0.15, 0.2) is 11.7 Å². The molecule has 0 aliphatic carbocycles. The first-order chi connectivity index (χ1) is 13.6. The minimum absolute atomic E-state index is 0.0948. The number of aromatic nitrogens is 2. The molecule has 2 N–H and O–H groups in total. The van der Waals surface area contributed by atoms with Gasteiger partial charge >= 0.3 is 6.18 Å². The Morgan fingerprint density at radius 1 is 1.28 bits per heavy atom. The van der Waals surface area contributed by atoms with Crippen molar-refractivity contribution in [3.63, 3.8) is 0 Å². The maximum absolute atomic E-state index is 13.1. The standard InChI is InChI=1S/C18H16ClF3N6O/c1-10(11-3-2-4-12(14(11)19)18(20,21)22)27-7-8-28(16(24)17(27)29)15(23)13-9-25-5-6-26-13/h2-6,9-10,23-24H,7-8H2,1H3. The zero-order chi connectivity index (χ0) is 21.3. The molecule has 7 nitrogen and oxygen atoms in total. The summed E-state index contributed by atoms with van der Waals surface area (Å²) in [5, 5.41) is 15.9. The zero-order valence-electron chi connectivity index (χ0n) is 15.2. The number of nitrogens with one attached hydrogen (secondary N) is 2. The highest BCUT2D eigenvalue weighted by atomic mass is 35.5. The van der Waals surface area contributed by atoms with E-state index in [0.29, 0.717) is 0 Å². The number of benzene rings is 1. The molecule has 1 atom stereocenters. The molecule has 1 amide bonds. The quantitative estimate of drug-likeness (QED) is 0.583. The predicted octanol–water partition coefficient (Wildman–Crippen LogP) is 3.36. The molecule has 2 aromatic rings. The van der Waals surface area contributed by atoms with Gasteiger partial charge in [-0.2, -0.15) is 13.2 Å². The van der Waals surface area contributed by atoms with E-state index < -0.39 is 34.5 Å². The second-order valence-electron chi connectivity index (χ2n) is 6.32. The third kappa shape index (κ3) is 3.93. The fourth-order valence-electron chi connectivity index (χ4n) is 3.08. The van der Waals surface area contributed by atoms with Crippen molar-refractivity contribution in [3.8, 4) is 0 Å². The first-order valence-corrected chi connectivity index (χ1v) is 8.88. The van der Waals surface area contributed by atoms with Gasteiger partial charge in [0.05, 0.1) is 22.8 Å². The number of piperazine rings is 1. The van der Waals surface area contributed by atoms with Gasteiger partial charge in [0.2, 0.25) is 0 Å². The van der Waals surface area contributed by atoms with Crippen molar-refractivity contribution < 1.29 is 18.0 Å². The smallest absolute Gasteiger partial charge is 0.327 e. The summed E-state index contributed by atoms with van der Waals surface area (Å²) in [7, 11) is 0. The molecule has 3 rings (SSSR count). The Kier molecular flexibility index (Phi) is 5.56. The fraction of sp³-hybridized carbons (Fsp3) is 0.278. The van der Waals surface area contributed by atoms with Gasteiger partial charge in [-0.05, 0) is 18.6 Å². The SMILES string of the molecule is CC(c1cccc(C(F)(F)F)c1Cl)N1CCN(C(=N)c2cnccn2)C(=N)C1=O. The first kappa shape index (κ1) is 20.7. The second-order valence-corrected chi connectivity index (χ2v) is 6.70. The average Bonchev–Trinajstić information content (AvgIpc) is 2.69. The van der Waals surface area contributed by atoms with Crippen LogP contribution in [0.2, 0.25) is 5.02 Å². The summed E-state index contributed by atoms with van der Waals surface area (Å²) in [6.45, 7) is 1.76. The van der Waals surface area contributed by atoms with Crippen molar-refractivity contribution in [2.75, 3.05) is 13.1 Å². The summed E-state index contributed by atoms with van der Waals surface area (Å²) in [5.41, 5.74) is -0.637. The van der Waals surface area contributed by atoms with E-state index in [9.17, 15) is 18.0 Å². The minimum atomic E-state index is -4.62. The van der Waals surface area contributed by atoms with Gasteiger partial charge < -0.3 is 9.80 Å². The van der Waals surface area contributed by atoms with Crippen LogP contribution in [0, 0.1) is 10.8 Å². The van der Waals surface area contributed by atoms with Crippen LogP contribution < -0.4 is 0 Å². The summed E-state index contributed by atoms with van der Waals surface area (Å²) >= 11 is 5.98. The Morgan fingerprint density at radius 3 is 2.62 bits per heavy atom. The van der Waals surface area contributed by atoms with Gasteiger partial charge in [0.1, 0.15) is 5.69 Å². The molecule has 0 bridgehead atoms. The van der Waals surface area contributed by atoms with Crippen LogP contribution in [-0.4, -0.2) is 50.4 Å². The Morgan fingerprint density at radius 2 is 2.00 bits per heavy atom. The van der Waals surface area contributed by atoms with Gasteiger partial charge in [0, 0.05) is 25.5 Å². The van der Waals surface area contributed by atoms with Crippen molar-refractivity contribution >= 4 is 29.2 Å². The lowest BCUT2D eigenvalue weighted by Crippen LogP contribution is -2.56. The second kappa shape index (κ2) is 7.78. The Hall–Kier alpha value is -3.01. The number of nitrogens with zero attached hydrogens (tertiary/aromatic N) is 4. The predicted molar refractivity (Wildman–Crippen MR) is 99.9 cm³/mol. The summed E-state index contributed by atoms with van der Waals surface area (Å²) in [6.07, 6.45) is -0.444. The first-order valence-electron chi connectivity index (χ1n) is 8.50. The number of halogens is 4. The molecule has 2 heterocycles. The van der Waals surface area contributed by atoms with Crippen molar-refractivity contribution in [1.82, 2.24) is 19.8 Å². The van der Waals surface area contributed by atoms with E-state index in [-0.39, 0.29) is 30.2 Å². The largest absolute Gasteiger partial charge is 0.417 e. The van der Waals surface area contributed by atoms with E-state index in [2.05, 4.69) is 9.97 Å². The van der Waals surface area contributed by atoms with Crippen molar-refractivity contribution in [2.45, 2.75) is 19.1 Å². The highest BCUT2D eigenvalue weighted by molar-refractivity contribution is 6.40. The molecule has 1 aromatic carbocycles. The van der Waals surface area contributed by atoms with E-state index in [1.807, 2.05) is 0 Å². The van der Waals surface area contributed by atoms with Crippen LogP contribution >= 0.6 is 11.6 Å². The zero-order valence-corrected chi connectivity index (χ0v) is 15.9. The molecule has 1 unspecified atom stereocenters. The van der Waals surface area contributed by atoms with Gasteiger partial charge in [-0.1, -0.05) is 23.7 Å². The molecule has 0 saturated carbocycles. The molecular formula is C18H16ClF3N6O. The van der Waals surface area contributed by atoms with Gasteiger partial charge in [-0.3, -0.25) is 20.6 Å². The molecule has 1 aliphatic rings. The highest BCUT2D eigenvalue weighted by Gasteiger charge is 2.38. The maximum atomic E-state index is 13.1. The molecule has 0 spiro atoms. The van der Waals surface area contributed by atoms with Crippen molar-refractivity contribution in [2.24, 2.45) is 0 Å². The van der Waals surface area contributed by atoms with Crippen LogP contribution in [0.1, 0.15) is 29.8 Å². The van der Waals surface area contributed by atoms with Crippen LogP contribution in [-0.2, 0) is 11.0 Å². The molecule has 152 valence electrons. The van der Waals surface area contributed by atoms with E-state index in [4.69, 9.17) is 22.4 Å². The number of amidine groups is 2. The van der Waals surface area contributed by atoms with Gasteiger partial charge in [0.25, 0.3) is 5.91 Å². The van der Waals surface area contributed by atoms with Gasteiger partial charge in [-0.15, -0.1) is 0 Å². The molecule has 1 fully saturated rings. The number of hydrogen-bond acceptors (Lipinski definition) is 5. The van der Waals surface area contributed by atoms with E-state index in [1.165, 1.54) is 40.5 Å². The number of alkyl halides is 3. The van der Waals surface area contributed by atoms with Crippen molar-refractivity contribution in [3.05, 3.63) is 58.6 Å². The lowest BCUT2D eigenvalue weighted by Gasteiger charge is -2.39. The number of carbonyl (C=O) groups excluding carboxylic acids is 1. The summed E-state index contributed by atoms with van der Waals surface area (Å²) in [5.74, 6) is -1.34. The van der Waals surface area contributed by atoms with Crippen molar-refractivity contribution in [1.29, 1.82) is 10.8 Å². The van der Waals surface area contributed by atoms with E-state index in [0.717, 1.165) is 6.07 Å². The molecule has 0 radical (unpaired) electrons. The summed E-state index contributed by atoms with van der Waals surface area (Å²) < 4.78 is 39.4. The van der Waals surface area contributed by atoms with Crippen LogP contribution in [0.25, 0.3) is 0 Å². The van der Waals surface area contributed by atoms with Crippen LogP contribution in [0.3, 0.4) is 0 Å². The van der Waals surface area contributed by atoms with Crippen LogP contribution in [0.4, 0.5) is 13.2 Å². The molecule has 1 saturated heterocycles. The third-order valence-electron chi connectivity index (χ3n) is 4.63. The molecule has 11 heteroatoms. The Labute approximate surface area is 169 Å². The number of hydrogen-bond donors (Lipinski definition) is 2. The molecule has 29 heavy (non-hydrogen) atoms. The van der Waals surface area contributed by atoms with E-state index >= 15 is 0 Å². The lowest BCUT2D eigenvalue weighted by molar-refractivity contribution is -0.137. The van der Waals surface area contributed by atoms with Crippen LogP contribution in [0.5, 0.6) is 0 Å². The van der Waals surface area contributed by atoms with E-state index in [1.54, 1.807) is 6.92 Å². The Balaban J connectivity index is 1.83. The highest BCUT2D eigenvalue weighted by Crippen LogP contribution is 2.39. The number of amides is 1. The minimum Gasteiger partial charge on any atom is -0.327 e. The normalized spacial score (nSPS) is 16.2. The van der Waals surface area contributed by atoms with Crippen LogP contribution in [0.15, 0.2) is 36.8 Å². The average molecular weight is 425 g/mol. The van der Waals surface area contributed by atoms with Gasteiger partial charge in [-0.25, -0.2) is 4.98 Å². The lowest BCUT2D eigenvalue weighted by atomic mass is 10.0. The Bertz CT molecular complexity index is 966. The monoisotopic (exact) mass is 424 g/mol. The molecule has 1 aromatic heterocycles. The topological polar surface area (TPSA) is 97.0 Å². The molecular weight excluding hydrogens is 409 g/mol. The maximum Gasteiger partial charge on any atom is 0.417 e.